The maximum absolute atomic E-state index is 10.2. The topological polar surface area (TPSA) is 158 Å². The van der Waals surface area contributed by atoms with Gasteiger partial charge < -0.3 is 49.6 Å². The Morgan fingerprint density at radius 3 is 2.11 bits per heavy atom. The zero-order chi connectivity index (χ0) is 24.8. The second-order valence-electron chi connectivity index (χ2n) is 6.60. The molecule has 2 saturated heterocycles. The van der Waals surface area contributed by atoms with Crippen molar-refractivity contribution in [2.24, 2.45) is 0 Å². The first-order chi connectivity index (χ1) is 15.4. The minimum atomic E-state index is -1.86. The second kappa shape index (κ2) is 8.99. The van der Waals surface area contributed by atoms with Gasteiger partial charge in [-0.05, 0) is 19.0 Å². The Labute approximate surface area is 168 Å². The minimum Gasteiger partial charge on any atom is -0.462 e. The summed E-state index contributed by atoms with van der Waals surface area (Å²) in [6, 6.07) is -3.43. The SMILES string of the molecule is [2H]c1c([2H])c([2H])c(O[C@@H]2O[C@H](CO[C@@H]3O[C@@H](C)[C@H](O)[C@@H](O)[C@H]3O)[C@@H](O)[C@H](O)[C@H]2O)c([2H])c1[2H]. The molecule has 2 aliphatic heterocycles. The molecule has 0 radical (unpaired) electrons. The van der Waals surface area contributed by atoms with Crippen LogP contribution in [0.3, 0.4) is 0 Å². The Morgan fingerprint density at radius 1 is 0.821 bits per heavy atom. The Morgan fingerprint density at radius 2 is 1.43 bits per heavy atom. The zero-order valence-corrected chi connectivity index (χ0v) is 14.8. The van der Waals surface area contributed by atoms with Crippen LogP contribution in [0.25, 0.3) is 0 Å². The van der Waals surface area contributed by atoms with E-state index in [9.17, 15) is 30.6 Å². The highest BCUT2D eigenvalue weighted by Crippen LogP contribution is 2.26. The van der Waals surface area contributed by atoms with Crippen LogP contribution >= 0.6 is 0 Å². The predicted octanol–water partition coefficient (Wildman–Crippen LogP) is -2.28. The molecule has 10 nitrogen and oxygen atoms in total. The normalized spacial score (nSPS) is 46.8. The summed E-state index contributed by atoms with van der Waals surface area (Å²) in [5.41, 5.74) is 0. The smallest absolute Gasteiger partial charge is 0.229 e. The molecular weight excluding hydrogens is 376 g/mol. The van der Waals surface area contributed by atoms with Gasteiger partial charge in [0.05, 0.1) is 19.6 Å². The number of ether oxygens (including phenoxy) is 4. The lowest BCUT2D eigenvalue weighted by Gasteiger charge is -2.42. The lowest BCUT2D eigenvalue weighted by molar-refractivity contribution is -0.318. The third-order valence-corrected chi connectivity index (χ3v) is 4.61. The van der Waals surface area contributed by atoms with Crippen molar-refractivity contribution < 1.29 is 56.4 Å². The molecule has 3 rings (SSSR count). The van der Waals surface area contributed by atoms with Gasteiger partial charge in [-0.2, -0.15) is 0 Å². The molecule has 2 aliphatic rings. The van der Waals surface area contributed by atoms with E-state index in [-0.39, 0.29) is 0 Å². The molecule has 28 heavy (non-hydrogen) atoms. The quantitative estimate of drug-likeness (QED) is 0.314. The summed E-state index contributed by atoms with van der Waals surface area (Å²) in [5, 5.41) is 60.3. The van der Waals surface area contributed by atoms with Crippen LogP contribution in [0.1, 0.15) is 13.8 Å². The molecule has 0 aromatic heterocycles. The van der Waals surface area contributed by atoms with E-state index < -0.39 is 104 Å². The van der Waals surface area contributed by atoms with E-state index in [0.29, 0.717) is 0 Å². The van der Waals surface area contributed by atoms with Gasteiger partial charge in [0.1, 0.15) is 48.5 Å². The lowest BCUT2D eigenvalue weighted by atomic mass is 9.98. The number of hydrogen-bond donors (Lipinski definition) is 6. The van der Waals surface area contributed by atoms with Gasteiger partial charge in [-0.25, -0.2) is 0 Å². The lowest BCUT2D eigenvalue weighted by Crippen LogP contribution is -2.61. The van der Waals surface area contributed by atoms with Crippen molar-refractivity contribution in [2.75, 3.05) is 6.61 Å². The highest BCUT2D eigenvalue weighted by atomic mass is 16.7. The Hall–Kier alpha value is -1.34. The van der Waals surface area contributed by atoms with Gasteiger partial charge >= 0.3 is 0 Å². The van der Waals surface area contributed by atoms with Crippen molar-refractivity contribution in [3.8, 4) is 5.75 Å². The molecule has 0 amide bonds. The van der Waals surface area contributed by atoms with Crippen LogP contribution in [-0.4, -0.2) is 98.7 Å². The minimum absolute atomic E-state index is 0.539. The van der Waals surface area contributed by atoms with Crippen molar-refractivity contribution in [2.45, 2.75) is 68.3 Å². The van der Waals surface area contributed by atoms with E-state index in [1.807, 2.05) is 0 Å². The first kappa shape index (κ1) is 15.5. The molecule has 10 atom stereocenters. The summed E-state index contributed by atoms with van der Waals surface area (Å²) in [4.78, 5) is 0. The predicted molar refractivity (Wildman–Crippen MR) is 92.1 cm³/mol. The summed E-state index contributed by atoms with van der Waals surface area (Å²) in [7, 11) is 0. The maximum Gasteiger partial charge on any atom is 0.229 e. The molecule has 158 valence electrons. The number of para-hydroxylation sites is 1. The average Bonchev–Trinajstić information content (AvgIpc) is 2.79. The fraction of sp³-hybridized carbons (Fsp3) is 0.667. The van der Waals surface area contributed by atoms with Crippen molar-refractivity contribution in [3.63, 3.8) is 0 Å². The van der Waals surface area contributed by atoms with E-state index in [4.69, 9.17) is 25.8 Å². The molecule has 0 unspecified atom stereocenters. The maximum atomic E-state index is 10.2. The fourth-order valence-electron chi connectivity index (χ4n) is 2.91. The average molecular weight is 407 g/mol. The van der Waals surface area contributed by atoms with Gasteiger partial charge in [0.25, 0.3) is 0 Å². The third kappa shape index (κ3) is 4.46. The summed E-state index contributed by atoms with van der Waals surface area (Å²) in [6.07, 6.45) is -15.4. The fourth-order valence-corrected chi connectivity index (χ4v) is 2.91. The molecule has 0 bridgehead atoms. The molecule has 0 spiro atoms. The summed E-state index contributed by atoms with van der Waals surface area (Å²) in [5.74, 6) is -0.634. The molecule has 2 fully saturated rings. The zero-order valence-electron chi connectivity index (χ0n) is 19.8. The summed E-state index contributed by atoms with van der Waals surface area (Å²) >= 11 is 0. The van der Waals surface area contributed by atoms with Crippen LogP contribution in [0.5, 0.6) is 5.75 Å². The summed E-state index contributed by atoms with van der Waals surface area (Å²) in [6.45, 7) is 0.898. The standard InChI is InChI=1S/C18H26O10/c1-8-11(19)13(21)15(23)17(26-8)25-7-10-12(20)14(22)16(24)18(28-10)27-9-5-3-2-4-6-9/h2-6,8,10-24H,7H2,1H3/t8-,10+,11-,12+,13+,14-,15+,16+,17+,18+/m0/s1/i2D,3D,4D,5D,6D. The van der Waals surface area contributed by atoms with E-state index in [0.717, 1.165) is 0 Å². The number of benzene rings is 1. The Kier molecular flexibility index (Phi) is 4.97. The summed E-state index contributed by atoms with van der Waals surface area (Å²) < 4.78 is 60.1. The van der Waals surface area contributed by atoms with E-state index in [1.165, 1.54) is 6.92 Å². The monoisotopic (exact) mass is 407 g/mol. The highest BCUT2D eigenvalue weighted by Gasteiger charge is 2.47. The number of hydrogen-bond acceptors (Lipinski definition) is 10. The number of aliphatic hydroxyl groups is 6. The van der Waals surface area contributed by atoms with Crippen molar-refractivity contribution >= 4 is 0 Å². The molecule has 0 aliphatic carbocycles. The Bertz CT molecular complexity index is 833. The van der Waals surface area contributed by atoms with E-state index in [2.05, 4.69) is 0 Å². The third-order valence-electron chi connectivity index (χ3n) is 4.61. The molecule has 6 N–H and O–H groups in total. The van der Waals surface area contributed by atoms with Crippen LogP contribution in [0.4, 0.5) is 0 Å². The van der Waals surface area contributed by atoms with Crippen LogP contribution < -0.4 is 4.74 Å². The largest absolute Gasteiger partial charge is 0.462 e. The van der Waals surface area contributed by atoms with E-state index in [1.54, 1.807) is 0 Å². The first-order valence-electron chi connectivity index (χ1n) is 11.1. The second-order valence-corrected chi connectivity index (χ2v) is 6.60. The van der Waals surface area contributed by atoms with Gasteiger partial charge in [-0.1, -0.05) is 18.1 Å². The van der Waals surface area contributed by atoms with Gasteiger partial charge in [-0.15, -0.1) is 0 Å². The molecule has 1 aromatic carbocycles. The molecule has 0 saturated carbocycles. The van der Waals surface area contributed by atoms with Gasteiger partial charge in [-0.3, -0.25) is 0 Å². The van der Waals surface area contributed by atoms with E-state index >= 15 is 0 Å². The van der Waals surface area contributed by atoms with Crippen LogP contribution in [-0.2, 0) is 14.2 Å². The van der Waals surface area contributed by atoms with Crippen LogP contribution in [0, 0.1) is 0 Å². The van der Waals surface area contributed by atoms with Crippen LogP contribution in [0.2, 0.25) is 0 Å². The first-order valence-corrected chi connectivity index (χ1v) is 8.61. The number of rotatable bonds is 5. The van der Waals surface area contributed by atoms with Gasteiger partial charge in [0, 0.05) is 0 Å². The highest BCUT2D eigenvalue weighted by molar-refractivity contribution is 5.21. The molecule has 2 heterocycles. The molecular formula is C18H26O10. The van der Waals surface area contributed by atoms with Crippen molar-refractivity contribution in [1.82, 2.24) is 0 Å². The van der Waals surface area contributed by atoms with Crippen LogP contribution in [0.15, 0.2) is 30.2 Å². The van der Waals surface area contributed by atoms with Gasteiger partial charge in [0.15, 0.2) is 6.29 Å². The van der Waals surface area contributed by atoms with Crippen molar-refractivity contribution in [3.05, 3.63) is 30.2 Å². The van der Waals surface area contributed by atoms with Gasteiger partial charge in [0.2, 0.25) is 6.29 Å². The Balaban J connectivity index is 1.75. The van der Waals surface area contributed by atoms with Crippen molar-refractivity contribution in [1.29, 1.82) is 0 Å². The molecule has 1 aromatic rings. The number of aliphatic hydroxyl groups excluding tert-OH is 6. The molecule has 10 heteroatoms.